The van der Waals surface area contributed by atoms with Crippen LogP contribution >= 0.6 is 0 Å². The van der Waals surface area contributed by atoms with E-state index in [0.29, 0.717) is 16.6 Å². The molecule has 9 nitrogen and oxygen atoms in total. The molecule has 0 bridgehead atoms. The number of amides is 1. The summed E-state index contributed by atoms with van der Waals surface area (Å²) in [7, 11) is 1.82. The molecule has 1 aliphatic carbocycles. The zero-order valence-electron chi connectivity index (χ0n) is 17.8. The van der Waals surface area contributed by atoms with Crippen molar-refractivity contribution in [2.24, 2.45) is 13.0 Å². The highest BCUT2D eigenvalue weighted by Crippen LogP contribution is 2.47. The summed E-state index contributed by atoms with van der Waals surface area (Å²) in [6.45, 7) is 0. The van der Waals surface area contributed by atoms with Gasteiger partial charge < -0.3 is 16.8 Å². The SMILES string of the molecule is Cn1cc([C@@H]2C[C@H]2C(=O)Nc2cc3cc(-c4cnc(N)c(C(F)(F)F)c4)nc(N)c3cn2)cn1. The van der Waals surface area contributed by atoms with E-state index in [1.165, 1.54) is 12.4 Å². The van der Waals surface area contributed by atoms with Gasteiger partial charge in [-0.05, 0) is 41.5 Å². The van der Waals surface area contributed by atoms with Crippen molar-refractivity contribution in [1.29, 1.82) is 0 Å². The number of nitrogens with zero attached hydrogens (tertiary/aromatic N) is 5. The molecule has 0 aromatic carbocycles. The van der Waals surface area contributed by atoms with E-state index in [9.17, 15) is 18.0 Å². The molecule has 1 amide bonds. The first-order valence-corrected chi connectivity index (χ1v) is 10.3. The van der Waals surface area contributed by atoms with Crippen LogP contribution in [0.5, 0.6) is 0 Å². The fraction of sp³-hybridized carbons (Fsp3) is 0.227. The van der Waals surface area contributed by atoms with Crippen molar-refractivity contribution < 1.29 is 18.0 Å². The van der Waals surface area contributed by atoms with Crippen LogP contribution in [0, 0.1) is 5.92 Å². The Morgan fingerprint density at radius 3 is 2.62 bits per heavy atom. The smallest absolute Gasteiger partial charge is 0.383 e. The molecule has 0 saturated heterocycles. The first-order chi connectivity index (χ1) is 16.1. The number of rotatable bonds is 4. The molecule has 174 valence electrons. The number of carbonyl (C=O) groups is 1. The Labute approximate surface area is 191 Å². The second kappa shape index (κ2) is 7.68. The number of hydrogen-bond acceptors (Lipinski definition) is 7. The van der Waals surface area contributed by atoms with Crippen LogP contribution in [-0.2, 0) is 18.0 Å². The number of nitrogen functional groups attached to an aromatic ring is 2. The Morgan fingerprint density at radius 2 is 1.91 bits per heavy atom. The molecule has 4 aromatic rings. The highest BCUT2D eigenvalue weighted by molar-refractivity contribution is 5.98. The molecule has 0 spiro atoms. The third-order valence-corrected chi connectivity index (χ3v) is 5.80. The maximum atomic E-state index is 13.2. The zero-order chi connectivity index (χ0) is 24.2. The summed E-state index contributed by atoms with van der Waals surface area (Å²) >= 11 is 0. The number of halogens is 3. The molecule has 2 atom stereocenters. The van der Waals surface area contributed by atoms with E-state index in [4.69, 9.17) is 11.5 Å². The summed E-state index contributed by atoms with van der Waals surface area (Å²) < 4.78 is 41.4. The Kier molecular flexibility index (Phi) is 4.88. The first-order valence-electron chi connectivity index (χ1n) is 10.3. The van der Waals surface area contributed by atoms with E-state index in [1.807, 2.05) is 13.2 Å². The lowest BCUT2D eigenvalue weighted by atomic mass is 10.1. The summed E-state index contributed by atoms with van der Waals surface area (Å²) in [5, 5.41) is 7.99. The normalized spacial score (nSPS) is 17.6. The van der Waals surface area contributed by atoms with Gasteiger partial charge in [0.2, 0.25) is 5.91 Å². The number of nitrogens with one attached hydrogen (secondary N) is 1. The van der Waals surface area contributed by atoms with Gasteiger partial charge in [0.1, 0.15) is 17.5 Å². The molecular formula is C22H19F3N8O. The molecule has 0 radical (unpaired) electrons. The van der Waals surface area contributed by atoms with Crippen LogP contribution in [-0.4, -0.2) is 30.6 Å². The summed E-state index contributed by atoms with van der Waals surface area (Å²) in [4.78, 5) is 24.8. The van der Waals surface area contributed by atoms with E-state index in [1.54, 1.807) is 23.0 Å². The van der Waals surface area contributed by atoms with Crippen molar-refractivity contribution in [3.05, 3.63) is 54.1 Å². The predicted octanol–water partition coefficient (Wildman–Crippen LogP) is 3.35. The van der Waals surface area contributed by atoms with Crippen LogP contribution in [0.4, 0.5) is 30.6 Å². The van der Waals surface area contributed by atoms with E-state index >= 15 is 0 Å². The third-order valence-electron chi connectivity index (χ3n) is 5.80. The zero-order valence-corrected chi connectivity index (χ0v) is 17.8. The van der Waals surface area contributed by atoms with Gasteiger partial charge in [0.05, 0.1) is 17.5 Å². The van der Waals surface area contributed by atoms with Crippen LogP contribution in [0.1, 0.15) is 23.5 Å². The van der Waals surface area contributed by atoms with Crippen molar-refractivity contribution in [2.75, 3.05) is 16.8 Å². The number of hydrogen-bond donors (Lipinski definition) is 3. The standard InChI is InChI=1S/C22H19F3N8O/c1-33-9-12(7-30-33)13-5-14(13)21(34)32-18-4-10-3-17(31-19(26)15(10)8-28-18)11-2-16(22(23,24)25)20(27)29-6-11/h2-4,6-9,13-14H,5H2,1H3,(H2,26,31)(H2,27,29)(H,28,32,34)/t13-,14+/m0/s1. The molecule has 12 heteroatoms. The lowest BCUT2D eigenvalue weighted by Gasteiger charge is -2.12. The van der Waals surface area contributed by atoms with Gasteiger partial charge in [0.15, 0.2) is 0 Å². The summed E-state index contributed by atoms with van der Waals surface area (Å²) in [5.74, 6) is -0.466. The molecule has 5 rings (SSSR count). The van der Waals surface area contributed by atoms with Gasteiger partial charge >= 0.3 is 6.18 Å². The molecule has 0 aliphatic heterocycles. The summed E-state index contributed by atoms with van der Waals surface area (Å²) in [6, 6.07) is 4.04. The predicted molar refractivity (Wildman–Crippen MR) is 119 cm³/mol. The number of aryl methyl sites for hydroxylation is 1. The van der Waals surface area contributed by atoms with E-state index in [-0.39, 0.29) is 34.8 Å². The highest BCUT2D eigenvalue weighted by atomic mass is 19.4. The second-order valence-corrected chi connectivity index (χ2v) is 8.22. The largest absolute Gasteiger partial charge is 0.419 e. The minimum Gasteiger partial charge on any atom is -0.383 e. The average molecular weight is 468 g/mol. The molecule has 4 aromatic heterocycles. The quantitative estimate of drug-likeness (QED) is 0.418. The van der Waals surface area contributed by atoms with Gasteiger partial charge in [0.25, 0.3) is 0 Å². The van der Waals surface area contributed by atoms with Gasteiger partial charge in [-0.2, -0.15) is 18.3 Å². The first kappa shape index (κ1) is 21.6. The maximum Gasteiger partial charge on any atom is 0.419 e. The molecule has 0 unspecified atom stereocenters. The van der Waals surface area contributed by atoms with Gasteiger partial charge in [-0.1, -0.05) is 0 Å². The summed E-state index contributed by atoms with van der Waals surface area (Å²) in [6.07, 6.45) is 2.36. The second-order valence-electron chi connectivity index (χ2n) is 8.22. The Hall–Kier alpha value is -4.22. The maximum absolute atomic E-state index is 13.2. The third kappa shape index (κ3) is 3.98. The average Bonchev–Trinajstić information content (AvgIpc) is 3.46. The van der Waals surface area contributed by atoms with Gasteiger partial charge in [-0.3, -0.25) is 9.48 Å². The van der Waals surface area contributed by atoms with Crippen LogP contribution in [0.25, 0.3) is 22.0 Å². The molecule has 1 fully saturated rings. The monoisotopic (exact) mass is 468 g/mol. The van der Waals surface area contributed by atoms with Crippen molar-refractivity contribution in [3.8, 4) is 11.3 Å². The minimum atomic E-state index is -4.66. The van der Waals surface area contributed by atoms with Gasteiger partial charge in [-0.15, -0.1) is 0 Å². The van der Waals surface area contributed by atoms with Crippen molar-refractivity contribution in [1.82, 2.24) is 24.7 Å². The van der Waals surface area contributed by atoms with Gasteiger partial charge in [0, 0.05) is 42.5 Å². The number of fused-ring (bicyclic) bond motifs is 1. The van der Waals surface area contributed by atoms with Crippen molar-refractivity contribution in [2.45, 2.75) is 18.5 Å². The molecule has 4 heterocycles. The Balaban J connectivity index is 1.42. The topological polar surface area (TPSA) is 138 Å². The van der Waals surface area contributed by atoms with E-state index < -0.39 is 17.6 Å². The molecule has 1 saturated carbocycles. The summed E-state index contributed by atoms with van der Waals surface area (Å²) in [5.41, 5.74) is 11.7. The van der Waals surface area contributed by atoms with E-state index in [0.717, 1.165) is 18.1 Å². The highest BCUT2D eigenvalue weighted by Gasteiger charge is 2.44. The fourth-order valence-corrected chi connectivity index (χ4v) is 3.94. The fourth-order valence-electron chi connectivity index (χ4n) is 3.94. The number of aromatic nitrogens is 5. The van der Waals surface area contributed by atoms with Crippen LogP contribution in [0.2, 0.25) is 0 Å². The Morgan fingerprint density at radius 1 is 1.12 bits per heavy atom. The number of alkyl halides is 3. The van der Waals surface area contributed by atoms with Crippen LogP contribution < -0.4 is 16.8 Å². The molecule has 1 aliphatic rings. The van der Waals surface area contributed by atoms with E-state index in [2.05, 4.69) is 25.4 Å². The van der Waals surface area contributed by atoms with Crippen LogP contribution in [0.15, 0.2) is 43.0 Å². The van der Waals surface area contributed by atoms with Crippen molar-refractivity contribution >= 4 is 34.1 Å². The molecular weight excluding hydrogens is 449 g/mol. The number of anilines is 3. The number of pyridine rings is 3. The number of carbonyl (C=O) groups excluding carboxylic acids is 1. The molecule has 5 N–H and O–H groups in total. The Bertz CT molecular complexity index is 1430. The van der Waals surface area contributed by atoms with Crippen molar-refractivity contribution in [3.63, 3.8) is 0 Å². The lowest BCUT2D eigenvalue weighted by Crippen LogP contribution is -2.15. The van der Waals surface area contributed by atoms with Crippen LogP contribution in [0.3, 0.4) is 0 Å². The van der Waals surface area contributed by atoms with Gasteiger partial charge in [-0.25, -0.2) is 15.0 Å². The molecule has 34 heavy (non-hydrogen) atoms. The number of nitrogens with two attached hydrogens (primary N) is 2. The minimum absolute atomic E-state index is 0.0853. The lowest BCUT2D eigenvalue weighted by molar-refractivity contribution is -0.137.